The van der Waals surface area contributed by atoms with E-state index < -0.39 is 23.4 Å². The molecule has 8 heteroatoms. The van der Waals surface area contributed by atoms with Crippen LogP contribution in [-0.4, -0.2) is 18.4 Å². The van der Waals surface area contributed by atoms with Crippen LogP contribution in [0.15, 0.2) is 42.5 Å². The van der Waals surface area contributed by atoms with Crippen molar-refractivity contribution in [3.8, 4) is 0 Å². The van der Waals surface area contributed by atoms with E-state index in [1.54, 1.807) is 6.07 Å². The quantitative estimate of drug-likeness (QED) is 0.712. The van der Waals surface area contributed by atoms with Crippen molar-refractivity contribution in [2.75, 3.05) is 11.9 Å². The van der Waals surface area contributed by atoms with Gasteiger partial charge in [-0.05, 0) is 18.2 Å². The number of hydrogen-bond acceptors (Lipinski definition) is 3. The number of halogens is 3. The summed E-state index contributed by atoms with van der Waals surface area (Å²) in [6.45, 7) is -0.331. The average molecular weight is 381 g/mol. The van der Waals surface area contributed by atoms with Crippen molar-refractivity contribution in [3.63, 3.8) is 0 Å². The van der Waals surface area contributed by atoms with E-state index in [1.807, 2.05) is 18.2 Å². The van der Waals surface area contributed by atoms with Gasteiger partial charge < -0.3 is 10.6 Å². The monoisotopic (exact) mass is 380 g/mol. The van der Waals surface area contributed by atoms with Gasteiger partial charge in [-0.2, -0.15) is 0 Å². The molecule has 0 atom stereocenters. The topological polar surface area (TPSA) is 58.2 Å². The number of anilines is 1. The molecule has 0 spiro atoms. The van der Waals surface area contributed by atoms with Crippen LogP contribution in [0.2, 0.25) is 5.02 Å². The average Bonchev–Trinajstić information content (AvgIpc) is 2.93. The molecule has 1 heterocycles. The number of hydrogen-bond donors (Lipinski definition) is 2. The van der Waals surface area contributed by atoms with Crippen LogP contribution in [0.5, 0.6) is 0 Å². The van der Waals surface area contributed by atoms with E-state index in [2.05, 4.69) is 10.6 Å². The molecule has 0 aliphatic rings. The summed E-state index contributed by atoms with van der Waals surface area (Å²) in [5.41, 5.74) is 0.0954. The summed E-state index contributed by atoms with van der Waals surface area (Å²) in [6.07, 6.45) is 0. The van der Waals surface area contributed by atoms with Crippen molar-refractivity contribution in [1.29, 1.82) is 0 Å². The van der Waals surface area contributed by atoms with Gasteiger partial charge in [0.1, 0.15) is 4.88 Å². The minimum absolute atomic E-state index is 0.0954. The molecule has 0 radical (unpaired) electrons. The number of thiophene rings is 1. The van der Waals surface area contributed by atoms with Gasteiger partial charge in [-0.3, -0.25) is 9.59 Å². The Morgan fingerprint density at radius 3 is 2.56 bits per heavy atom. The Morgan fingerprint density at radius 1 is 1.08 bits per heavy atom. The van der Waals surface area contributed by atoms with E-state index in [1.165, 1.54) is 17.4 Å². The molecule has 1 aromatic heterocycles. The van der Waals surface area contributed by atoms with Gasteiger partial charge in [-0.25, -0.2) is 8.78 Å². The number of carbonyl (C=O) groups is 2. The van der Waals surface area contributed by atoms with Gasteiger partial charge in [0.05, 0.1) is 11.6 Å². The number of fused-ring (bicyclic) bond motifs is 1. The summed E-state index contributed by atoms with van der Waals surface area (Å²) < 4.78 is 26.8. The first-order valence-corrected chi connectivity index (χ1v) is 8.35. The minimum atomic E-state index is -1.07. The lowest BCUT2D eigenvalue weighted by Gasteiger charge is -2.07. The van der Waals surface area contributed by atoms with Crippen LogP contribution in [0.1, 0.15) is 9.67 Å². The van der Waals surface area contributed by atoms with Gasteiger partial charge in [-0.1, -0.05) is 29.8 Å². The van der Waals surface area contributed by atoms with E-state index >= 15 is 0 Å². The van der Waals surface area contributed by atoms with E-state index in [-0.39, 0.29) is 12.2 Å². The zero-order valence-electron chi connectivity index (χ0n) is 12.6. The third-order valence-corrected chi connectivity index (χ3v) is 5.03. The van der Waals surface area contributed by atoms with E-state index in [9.17, 15) is 18.4 Å². The molecular formula is C17H11ClF2N2O2S. The largest absolute Gasteiger partial charge is 0.342 e. The van der Waals surface area contributed by atoms with Crippen LogP contribution in [0, 0.1) is 11.6 Å². The van der Waals surface area contributed by atoms with Gasteiger partial charge in [-0.15, -0.1) is 11.3 Å². The minimum Gasteiger partial charge on any atom is -0.342 e. The second-order valence-electron chi connectivity index (χ2n) is 5.10. The van der Waals surface area contributed by atoms with E-state index in [0.29, 0.717) is 9.90 Å². The van der Waals surface area contributed by atoms with Crippen molar-refractivity contribution in [1.82, 2.24) is 5.32 Å². The molecular weight excluding hydrogens is 370 g/mol. The summed E-state index contributed by atoms with van der Waals surface area (Å²) in [5, 5.41) is 5.92. The molecule has 0 fully saturated rings. The third kappa shape index (κ3) is 3.78. The summed E-state index contributed by atoms with van der Waals surface area (Å²) in [6, 6.07) is 10.3. The van der Waals surface area contributed by atoms with Gasteiger partial charge in [0, 0.05) is 21.8 Å². The Bertz CT molecular complexity index is 974. The van der Waals surface area contributed by atoms with Crippen molar-refractivity contribution < 1.29 is 18.4 Å². The highest BCUT2D eigenvalue weighted by Crippen LogP contribution is 2.34. The van der Waals surface area contributed by atoms with Crippen LogP contribution >= 0.6 is 22.9 Å². The molecule has 2 amide bonds. The Labute approximate surface area is 150 Å². The summed E-state index contributed by atoms with van der Waals surface area (Å²) in [4.78, 5) is 24.4. The fraction of sp³-hybridized carbons (Fsp3) is 0.0588. The lowest BCUT2D eigenvalue weighted by Crippen LogP contribution is -2.32. The number of nitrogens with one attached hydrogen (secondary N) is 2. The van der Waals surface area contributed by atoms with Crippen LogP contribution in [-0.2, 0) is 4.79 Å². The van der Waals surface area contributed by atoms with E-state index in [0.717, 1.165) is 22.2 Å². The summed E-state index contributed by atoms with van der Waals surface area (Å²) in [7, 11) is 0. The highest BCUT2D eigenvalue weighted by Gasteiger charge is 2.17. The molecule has 0 saturated carbocycles. The number of carbonyl (C=O) groups excluding carboxylic acids is 2. The van der Waals surface area contributed by atoms with Crippen molar-refractivity contribution in [3.05, 3.63) is 64.0 Å². The van der Waals surface area contributed by atoms with Gasteiger partial charge in [0.2, 0.25) is 5.91 Å². The Morgan fingerprint density at radius 2 is 1.84 bits per heavy atom. The molecule has 0 aliphatic carbocycles. The predicted octanol–water partition coefficient (Wildman–Crippen LogP) is 4.20. The first kappa shape index (κ1) is 17.3. The molecule has 4 nitrogen and oxygen atoms in total. The molecule has 3 aromatic rings. The predicted molar refractivity (Wildman–Crippen MR) is 94.2 cm³/mol. The van der Waals surface area contributed by atoms with Crippen molar-refractivity contribution in [2.45, 2.75) is 0 Å². The third-order valence-electron chi connectivity index (χ3n) is 3.35. The van der Waals surface area contributed by atoms with Gasteiger partial charge in [0.15, 0.2) is 11.6 Å². The Hall–Kier alpha value is -2.51. The van der Waals surface area contributed by atoms with Gasteiger partial charge in [0.25, 0.3) is 5.91 Å². The maximum Gasteiger partial charge on any atom is 0.263 e. The summed E-state index contributed by atoms with van der Waals surface area (Å²) >= 11 is 7.43. The smallest absolute Gasteiger partial charge is 0.263 e. The zero-order valence-corrected chi connectivity index (χ0v) is 14.2. The molecule has 25 heavy (non-hydrogen) atoms. The lowest BCUT2D eigenvalue weighted by molar-refractivity contribution is -0.115. The molecule has 0 unspecified atom stereocenters. The Kier molecular flexibility index (Phi) is 4.96. The lowest BCUT2D eigenvalue weighted by atomic mass is 10.2. The Balaban J connectivity index is 1.64. The first-order valence-electron chi connectivity index (χ1n) is 7.16. The van der Waals surface area contributed by atoms with Crippen molar-refractivity contribution >= 4 is 50.5 Å². The van der Waals surface area contributed by atoms with Crippen LogP contribution in [0.25, 0.3) is 10.1 Å². The molecule has 0 saturated heterocycles. The number of benzene rings is 2. The summed E-state index contributed by atoms with van der Waals surface area (Å²) in [5.74, 6) is -3.13. The first-order chi connectivity index (χ1) is 12.0. The van der Waals surface area contributed by atoms with Crippen LogP contribution < -0.4 is 10.6 Å². The van der Waals surface area contributed by atoms with Gasteiger partial charge >= 0.3 is 0 Å². The number of rotatable bonds is 4. The highest BCUT2D eigenvalue weighted by molar-refractivity contribution is 7.21. The normalized spacial score (nSPS) is 10.7. The number of amides is 2. The van der Waals surface area contributed by atoms with Crippen LogP contribution in [0.4, 0.5) is 14.5 Å². The molecule has 3 rings (SSSR count). The fourth-order valence-corrected chi connectivity index (χ4v) is 3.61. The second-order valence-corrected chi connectivity index (χ2v) is 6.53. The maximum atomic E-state index is 13.1. The molecule has 2 aromatic carbocycles. The standard InChI is InChI=1S/C17H11ClF2N2O2S/c18-15-10-3-1-2-4-13(10)25-16(15)17(24)21-8-14(23)22-9-5-6-11(19)12(20)7-9/h1-7H,8H2,(H,21,24)(H,22,23). The molecule has 128 valence electrons. The fourth-order valence-electron chi connectivity index (χ4n) is 2.18. The molecule has 0 aliphatic heterocycles. The zero-order chi connectivity index (χ0) is 18.0. The second kappa shape index (κ2) is 7.16. The highest BCUT2D eigenvalue weighted by atomic mass is 35.5. The molecule has 2 N–H and O–H groups in total. The van der Waals surface area contributed by atoms with E-state index in [4.69, 9.17) is 11.6 Å². The molecule has 0 bridgehead atoms. The van der Waals surface area contributed by atoms with Crippen molar-refractivity contribution in [2.24, 2.45) is 0 Å². The maximum absolute atomic E-state index is 13.1. The SMILES string of the molecule is O=C(CNC(=O)c1sc2ccccc2c1Cl)Nc1ccc(F)c(F)c1. The van der Waals surface area contributed by atoms with Crippen LogP contribution in [0.3, 0.4) is 0 Å².